The molecule has 0 fully saturated rings. The van der Waals surface area contributed by atoms with E-state index in [1.54, 1.807) is 18.2 Å². The lowest BCUT2D eigenvalue weighted by atomic mass is 10.0. The van der Waals surface area contributed by atoms with Gasteiger partial charge in [-0.05, 0) is 31.2 Å². The topological polar surface area (TPSA) is 108 Å². The third-order valence-corrected chi connectivity index (χ3v) is 4.99. The first-order valence-electron chi connectivity index (χ1n) is 8.33. The highest BCUT2D eigenvalue weighted by Crippen LogP contribution is 2.40. The molecule has 0 amide bonds. The van der Waals surface area contributed by atoms with Crippen molar-refractivity contribution in [3.63, 3.8) is 0 Å². The second-order valence-corrected chi connectivity index (χ2v) is 6.77. The van der Waals surface area contributed by atoms with E-state index in [0.717, 1.165) is 0 Å². The second-order valence-electron chi connectivity index (χ2n) is 6.33. The van der Waals surface area contributed by atoms with Crippen molar-refractivity contribution >= 4 is 46.3 Å². The molecule has 3 aromatic rings. The van der Waals surface area contributed by atoms with Crippen molar-refractivity contribution in [3.8, 4) is 11.3 Å². The number of ketones is 1. The van der Waals surface area contributed by atoms with Gasteiger partial charge < -0.3 is 10.3 Å². The molecule has 1 aromatic heterocycles. The molecule has 0 spiro atoms. The van der Waals surface area contributed by atoms with E-state index in [4.69, 9.17) is 17.3 Å². The highest BCUT2D eigenvalue weighted by Gasteiger charge is 2.33. The maximum absolute atomic E-state index is 13.1. The van der Waals surface area contributed by atoms with Crippen molar-refractivity contribution in [2.24, 2.45) is 5.73 Å². The molecule has 2 aromatic carbocycles. The van der Waals surface area contributed by atoms with Crippen molar-refractivity contribution in [2.75, 3.05) is 6.54 Å². The van der Waals surface area contributed by atoms with Crippen LogP contribution in [-0.2, 0) is 6.54 Å². The third kappa shape index (κ3) is 2.88. The minimum Gasteiger partial charge on any atom is -0.330 e. The van der Waals surface area contributed by atoms with Crippen LogP contribution in [-0.4, -0.2) is 21.8 Å². The first-order chi connectivity index (χ1) is 12.9. The number of aromatic nitrogens is 1. The number of pyridine rings is 1. The molecule has 0 saturated carbocycles. The quantitative estimate of drug-likeness (QED) is 0.401. The van der Waals surface area contributed by atoms with E-state index in [1.807, 2.05) is 0 Å². The van der Waals surface area contributed by atoms with Gasteiger partial charge in [0.15, 0.2) is 5.78 Å². The molecule has 0 saturated heterocycles. The molecule has 0 radical (unpaired) electrons. The van der Waals surface area contributed by atoms with E-state index in [1.165, 1.54) is 22.8 Å². The number of non-ortho nitro benzene ring substituents is 1. The number of rotatable bonds is 4. The third-order valence-electron chi connectivity index (χ3n) is 4.76. The monoisotopic (exact) mass is 419 g/mol. The summed E-state index contributed by atoms with van der Waals surface area (Å²) in [7, 11) is 0. The van der Waals surface area contributed by atoms with Crippen LogP contribution in [0.4, 0.5) is 5.69 Å². The summed E-state index contributed by atoms with van der Waals surface area (Å²) < 4.78 is 1.49. The molecule has 0 bridgehead atoms. The zero-order valence-electron chi connectivity index (χ0n) is 14.5. The number of nitrogens with two attached hydrogens (primary N) is 1. The summed E-state index contributed by atoms with van der Waals surface area (Å²) in [4.78, 5) is 36.8. The predicted octanol–water partition coefficient (Wildman–Crippen LogP) is 3.55. The normalized spacial score (nSPS) is 11.9. The van der Waals surface area contributed by atoms with Gasteiger partial charge in [0.2, 0.25) is 0 Å². The molecule has 4 rings (SSSR count). The van der Waals surface area contributed by atoms with Gasteiger partial charge >= 0.3 is 0 Å². The molecular weight excluding hydrogens is 405 g/mol. The Kier molecular flexibility index (Phi) is 5.25. The van der Waals surface area contributed by atoms with Gasteiger partial charge in [0.05, 0.1) is 21.6 Å². The molecular formula is C19H15Cl2N3O4. The summed E-state index contributed by atoms with van der Waals surface area (Å²) in [5.41, 5.74) is 6.97. The van der Waals surface area contributed by atoms with Crippen LogP contribution in [0, 0.1) is 10.1 Å². The number of halogens is 2. The summed E-state index contributed by atoms with van der Waals surface area (Å²) in [6.45, 7) is 0.682. The predicted molar refractivity (Wildman–Crippen MR) is 110 cm³/mol. The number of hydrogen-bond acceptors (Lipinski definition) is 5. The van der Waals surface area contributed by atoms with Crippen LogP contribution in [0.5, 0.6) is 0 Å². The number of fused-ring (bicyclic) bond motifs is 5. The van der Waals surface area contributed by atoms with Gasteiger partial charge in [-0.3, -0.25) is 19.7 Å². The van der Waals surface area contributed by atoms with Gasteiger partial charge in [-0.2, -0.15) is 0 Å². The van der Waals surface area contributed by atoms with Crippen LogP contribution < -0.4 is 11.3 Å². The molecule has 1 aliphatic carbocycles. The molecule has 0 atom stereocenters. The largest absolute Gasteiger partial charge is 0.330 e. The van der Waals surface area contributed by atoms with E-state index < -0.39 is 4.92 Å². The van der Waals surface area contributed by atoms with Crippen LogP contribution in [0.1, 0.15) is 22.3 Å². The van der Waals surface area contributed by atoms with Crippen molar-refractivity contribution in [1.29, 1.82) is 0 Å². The number of hydrogen-bond donors (Lipinski definition) is 1. The van der Waals surface area contributed by atoms with Crippen LogP contribution in [0.3, 0.4) is 0 Å². The van der Waals surface area contributed by atoms with E-state index in [-0.39, 0.29) is 34.8 Å². The van der Waals surface area contributed by atoms with Crippen molar-refractivity contribution in [2.45, 2.75) is 13.0 Å². The van der Waals surface area contributed by atoms with Crippen molar-refractivity contribution in [1.82, 2.24) is 4.57 Å². The van der Waals surface area contributed by atoms with E-state index >= 15 is 0 Å². The second kappa shape index (κ2) is 7.35. The molecule has 7 nitrogen and oxygen atoms in total. The number of carbonyl (C=O) groups is 1. The number of benzene rings is 2. The minimum atomic E-state index is -0.563. The SMILES string of the molecule is Cl.NCCCn1c2c(c3ccc([N+](=O)[O-])cc3c1=O)C(=O)c1cc(Cl)ccc1-2. The summed E-state index contributed by atoms with van der Waals surface area (Å²) in [6.07, 6.45) is 0.532. The molecule has 0 aliphatic heterocycles. The molecule has 28 heavy (non-hydrogen) atoms. The smallest absolute Gasteiger partial charge is 0.270 e. The Labute approximate surface area is 170 Å². The van der Waals surface area contributed by atoms with Gasteiger partial charge in [0.1, 0.15) is 0 Å². The van der Waals surface area contributed by atoms with Crippen LogP contribution >= 0.6 is 24.0 Å². The summed E-state index contributed by atoms with van der Waals surface area (Å²) >= 11 is 6.05. The molecule has 0 unspecified atom stereocenters. The van der Waals surface area contributed by atoms with Gasteiger partial charge in [-0.1, -0.05) is 17.7 Å². The molecule has 1 heterocycles. The van der Waals surface area contributed by atoms with Crippen LogP contribution in [0.15, 0.2) is 41.2 Å². The first-order valence-corrected chi connectivity index (χ1v) is 8.71. The maximum Gasteiger partial charge on any atom is 0.270 e. The molecule has 1 aliphatic rings. The maximum atomic E-state index is 13.1. The van der Waals surface area contributed by atoms with Gasteiger partial charge in [-0.15, -0.1) is 12.4 Å². The number of nitro groups is 1. The van der Waals surface area contributed by atoms with Crippen molar-refractivity contribution < 1.29 is 9.72 Å². The number of nitrogens with zero attached hydrogens (tertiary/aromatic N) is 2. The molecule has 9 heteroatoms. The zero-order valence-corrected chi connectivity index (χ0v) is 16.0. The average molecular weight is 420 g/mol. The highest BCUT2D eigenvalue weighted by molar-refractivity contribution is 6.33. The van der Waals surface area contributed by atoms with Gasteiger partial charge in [0, 0.05) is 40.2 Å². The fourth-order valence-corrected chi connectivity index (χ4v) is 3.74. The number of carbonyl (C=O) groups excluding carboxylic acids is 1. The zero-order chi connectivity index (χ0) is 19.3. The summed E-state index contributed by atoms with van der Waals surface area (Å²) in [5, 5.41) is 12.1. The Morgan fingerprint density at radius 3 is 2.50 bits per heavy atom. The fourth-order valence-electron chi connectivity index (χ4n) is 3.57. The van der Waals surface area contributed by atoms with Crippen molar-refractivity contribution in [3.05, 3.63) is 73.0 Å². The highest BCUT2D eigenvalue weighted by atomic mass is 35.5. The van der Waals surface area contributed by atoms with E-state index in [2.05, 4.69) is 0 Å². The Morgan fingerprint density at radius 2 is 1.82 bits per heavy atom. The lowest BCUT2D eigenvalue weighted by Crippen LogP contribution is -2.24. The number of nitro benzene ring substituents is 1. The molecule has 2 N–H and O–H groups in total. The Bertz CT molecular complexity index is 1200. The minimum absolute atomic E-state index is 0. The standard InChI is InChI=1S/C19H14ClN3O4.ClH/c20-10-2-4-13-14(8-10)18(24)16-12-5-3-11(23(26)27)9-15(12)19(25)22(17(13)16)7-1-6-21;/h2-5,8-9H,1,6-7,21H2;1H. The Hall–Kier alpha value is -2.74. The average Bonchev–Trinajstić information content (AvgIpc) is 2.93. The Morgan fingerprint density at radius 1 is 1.07 bits per heavy atom. The van der Waals surface area contributed by atoms with Gasteiger partial charge in [0.25, 0.3) is 11.2 Å². The van der Waals surface area contributed by atoms with E-state index in [0.29, 0.717) is 52.3 Å². The summed E-state index contributed by atoms with van der Waals surface area (Å²) in [5.74, 6) is -0.247. The summed E-state index contributed by atoms with van der Waals surface area (Å²) in [6, 6.07) is 8.95. The first kappa shape index (κ1) is 20.0. The molecule has 144 valence electrons. The van der Waals surface area contributed by atoms with Crippen LogP contribution in [0.25, 0.3) is 22.0 Å². The lowest BCUT2D eigenvalue weighted by molar-refractivity contribution is -0.384. The van der Waals surface area contributed by atoms with Gasteiger partial charge in [-0.25, -0.2) is 0 Å². The fraction of sp³-hybridized carbons (Fsp3) is 0.158. The lowest BCUT2D eigenvalue weighted by Gasteiger charge is -2.14. The van der Waals surface area contributed by atoms with Crippen LogP contribution in [0.2, 0.25) is 5.02 Å². The Balaban J connectivity index is 0.00000225. The van der Waals surface area contributed by atoms with E-state index in [9.17, 15) is 19.7 Å².